The second kappa shape index (κ2) is 7.80. The van der Waals surface area contributed by atoms with Crippen LogP contribution in [0.15, 0.2) is 23.6 Å². The molecule has 4 nitrogen and oxygen atoms in total. The van der Waals surface area contributed by atoms with Gasteiger partial charge in [0.1, 0.15) is 0 Å². The van der Waals surface area contributed by atoms with E-state index in [4.69, 9.17) is 14.5 Å². The summed E-state index contributed by atoms with van der Waals surface area (Å²) in [6.07, 6.45) is 9.12. The van der Waals surface area contributed by atoms with Crippen LogP contribution in [0.5, 0.6) is 11.5 Å². The van der Waals surface area contributed by atoms with Crippen molar-refractivity contribution < 1.29 is 9.47 Å². The number of likely N-dealkylation sites (tertiary alicyclic amines) is 1. The summed E-state index contributed by atoms with van der Waals surface area (Å²) in [4.78, 5) is 7.74. The predicted octanol–water partition coefficient (Wildman–Crippen LogP) is 5.09. The highest BCUT2D eigenvalue weighted by atomic mass is 32.1. The number of rotatable bonds is 3. The fourth-order valence-electron chi connectivity index (χ4n) is 4.71. The molecule has 0 bridgehead atoms. The first-order valence-electron chi connectivity index (χ1n) is 10.5. The van der Waals surface area contributed by atoms with Crippen molar-refractivity contribution >= 4 is 11.3 Å². The number of piperidine rings is 1. The highest BCUT2D eigenvalue weighted by molar-refractivity contribution is 7.10. The maximum absolute atomic E-state index is 5.84. The number of ether oxygens (including phenoxy) is 2. The first kappa shape index (κ1) is 17.5. The highest BCUT2D eigenvalue weighted by Gasteiger charge is 2.29. The average molecular weight is 385 g/mol. The Morgan fingerprint density at radius 1 is 0.926 bits per heavy atom. The van der Waals surface area contributed by atoms with Gasteiger partial charge in [0.25, 0.3) is 0 Å². The van der Waals surface area contributed by atoms with Crippen molar-refractivity contribution in [3.63, 3.8) is 0 Å². The Morgan fingerprint density at radius 3 is 2.52 bits per heavy atom. The Morgan fingerprint density at radius 2 is 1.70 bits per heavy atom. The Labute approximate surface area is 165 Å². The molecule has 0 N–H and O–H groups in total. The Hall–Kier alpha value is -1.59. The largest absolute Gasteiger partial charge is 0.490 e. The first-order chi connectivity index (χ1) is 13.4. The molecule has 0 spiro atoms. The molecule has 144 valence electrons. The zero-order valence-electron chi connectivity index (χ0n) is 15.9. The molecule has 0 unspecified atom stereocenters. The molecule has 2 aliphatic heterocycles. The monoisotopic (exact) mass is 384 g/mol. The van der Waals surface area contributed by atoms with Crippen molar-refractivity contribution in [2.45, 2.75) is 56.9 Å². The minimum absolute atomic E-state index is 0.627. The number of fused-ring (bicyclic) bond motifs is 1. The molecule has 27 heavy (non-hydrogen) atoms. The Bertz CT molecular complexity index is 776. The van der Waals surface area contributed by atoms with Gasteiger partial charge >= 0.3 is 0 Å². The summed E-state index contributed by atoms with van der Waals surface area (Å²) in [5.74, 6) is 2.33. The molecule has 1 aliphatic carbocycles. The van der Waals surface area contributed by atoms with Crippen molar-refractivity contribution in [3.8, 4) is 22.8 Å². The van der Waals surface area contributed by atoms with Gasteiger partial charge in [0.2, 0.25) is 0 Å². The van der Waals surface area contributed by atoms with Crippen molar-refractivity contribution in [2.24, 2.45) is 0 Å². The van der Waals surface area contributed by atoms with Crippen molar-refractivity contribution in [1.82, 2.24) is 9.88 Å². The van der Waals surface area contributed by atoms with Crippen LogP contribution in [0.2, 0.25) is 0 Å². The lowest BCUT2D eigenvalue weighted by Crippen LogP contribution is -2.39. The summed E-state index contributed by atoms with van der Waals surface area (Å²) in [5.41, 5.74) is 2.20. The minimum Gasteiger partial charge on any atom is -0.490 e. The van der Waals surface area contributed by atoms with Crippen LogP contribution in [0.4, 0.5) is 0 Å². The van der Waals surface area contributed by atoms with Gasteiger partial charge in [-0.3, -0.25) is 0 Å². The van der Waals surface area contributed by atoms with Crippen LogP contribution in [0.25, 0.3) is 11.3 Å². The fraction of sp³-hybridized carbons (Fsp3) is 0.591. The zero-order valence-corrected chi connectivity index (χ0v) is 16.7. The van der Waals surface area contributed by atoms with Gasteiger partial charge in [-0.15, -0.1) is 11.3 Å². The summed E-state index contributed by atoms with van der Waals surface area (Å²) in [6.45, 7) is 3.94. The van der Waals surface area contributed by atoms with Crippen LogP contribution in [-0.2, 0) is 0 Å². The number of benzene rings is 1. The topological polar surface area (TPSA) is 34.6 Å². The summed E-state index contributed by atoms with van der Waals surface area (Å²) >= 11 is 1.82. The molecule has 0 atom stereocenters. The molecule has 5 heteroatoms. The van der Waals surface area contributed by atoms with Crippen LogP contribution in [-0.4, -0.2) is 42.2 Å². The van der Waals surface area contributed by atoms with E-state index in [-0.39, 0.29) is 0 Å². The molecular weight excluding hydrogens is 356 g/mol. The fourth-order valence-corrected chi connectivity index (χ4v) is 5.71. The van der Waals surface area contributed by atoms with Crippen LogP contribution in [0.1, 0.15) is 55.9 Å². The molecule has 1 aromatic carbocycles. The van der Waals surface area contributed by atoms with E-state index in [9.17, 15) is 0 Å². The highest BCUT2D eigenvalue weighted by Crippen LogP contribution is 2.38. The van der Waals surface area contributed by atoms with Crippen molar-refractivity contribution in [2.75, 3.05) is 26.3 Å². The van der Waals surface area contributed by atoms with Crippen molar-refractivity contribution in [3.05, 3.63) is 28.6 Å². The van der Waals surface area contributed by atoms with Gasteiger partial charge in [-0.05, 0) is 57.0 Å². The minimum atomic E-state index is 0.627. The average Bonchev–Trinajstić information content (AvgIpc) is 3.36. The molecule has 1 aromatic heterocycles. The number of nitrogens with zero attached hydrogens (tertiary/aromatic N) is 2. The molecule has 1 saturated heterocycles. The van der Waals surface area contributed by atoms with E-state index >= 15 is 0 Å². The Kier molecular flexibility index (Phi) is 5.06. The molecule has 1 saturated carbocycles. The smallest absolute Gasteiger partial charge is 0.161 e. The summed E-state index contributed by atoms with van der Waals surface area (Å²) < 4.78 is 11.6. The lowest BCUT2D eigenvalue weighted by atomic mass is 9.96. The van der Waals surface area contributed by atoms with Gasteiger partial charge in [-0.25, -0.2) is 4.98 Å². The van der Waals surface area contributed by atoms with Gasteiger partial charge in [0.05, 0.1) is 23.9 Å². The molecule has 3 heterocycles. The second-order valence-corrected chi connectivity index (χ2v) is 8.92. The Balaban J connectivity index is 1.27. The van der Waals surface area contributed by atoms with Crippen LogP contribution < -0.4 is 9.47 Å². The number of aromatic nitrogens is 1. The molecule has 0 amide bonds. The lowest BCUT2D eigenvalue weighted by molar-refractivity contribution is 0.154. The molecule has 3 aliphatic rings. The van der Waals surface area contributed by atoms with Crippen LogP contribution in [0, 0.1) is 0 Å². The lowest BCUT2D eigenvalue weighted by Gasteiger charge is -2.35. The van der Waals surface area contributed by atoms with E-state index in [1.165, 1.54) is 56.6 Å². The van der Waals surface area contributed by atoms with E-state index in [0.29, 0.717) is 5.92 Å². The normalized spacial score (nSPS) is 22.1. The maximum atomic E-state index is 5.84. The molecule has 2 fully saturated rings. The number of hydrogen-bond acceptors (Lipinski definition) is 5. The van der Waals surface area contributed by atoms with E-state index < -0.39 is 0 Å². The number of hydrogen-bond donors (Lipinski definition) is 0. The summed E-state index contributed by atoms with van der Waals surface area (Å²) in [7, 11) is 0. The third-order valence-electron chi connectivity index (χ3n) is 6.29. The third-order valence-corrected chi connectivity index (χ3v) is 7.29. The quantitative estimate of drug-likeness (QED) is 0.738. The molecule has 5 rings (SSSR count). The van der Waals surface area contributed by atoms with E-state index in [0.717, 1.165) is 48.4 Å². The van der Waals surface area contributed by atoms with E-state index in [1.807, 2.05) is 17.4 Å². The molecular formula is C22H28N2O2S. The van der Waals surface area contributed by atoms with Gasteiger partial charge in [-0.1, -0.05) is 12.8 Å². The zero-order chi connectivity index (χ0) is 18.1. The number of thiazole rings is 1. The molecule has 0 radical (unpaired) electrons. The molecule has 2 aromatic rings. The SMILES string of the molecule is c1cc2c(cc1-c1csc(C3CCN(C4CCCC4)CC3)n1)OCCCO2. The standard InChI is InChI=1S/C22H28N2O2S/c1-2-5-18(4-1)24-10-8-16(9-11-24)22-23-19(15-27-22)17-6-7-20-21(14-17)26-13-3-12-25-20/h6-7,14-16,18H,1-5,8-13H2. The summed E-state index contributed by atoms with van der Waals surface area (Å²) in [6, 6.07) is 7.08. The van der Waals surface area contributed by atoms with Crippen LogP contribution in [0.3, 0.4) is 0 Å². The van der Waals surface area contributed by atoms with Gasteiger partial charge in [-0.2, -0.15) is 0 Å². The van der Waals surface area contributed by atoms with Gasteiger partial charge in [0.15, 0.2) is 11.5 Å². The van der Waals surface area contributed by atoms with Crippen molar-refractivity contribution in [1.29, 1.82) is 0 Å². The van der Waals surface area contributed by atoms with E-state index in [1.54, 1.807) is 0 Å². The first-order valence-corrected chi connectivity index (χ1v) is 11.3. The summed E-state index contributed by atoms with van der Waals surface area (Å²) in [5, 5.41) is 3.51. The van der Waals surface area contributed by atoms with Gasteiger partial charge in [0, 0.05) is 29.3 Å². The van der Waals surface area contributed by atoms with Gasteiger partial charge < -0.3 is 14.4 Å². The predicted molar refractivity (Wildman–Crippen MR) is 109 cm³/mol. The van der Waals surface area contributed by atoms with Crippen LogP contribution >= 0.6 is 11.3 Å². The van der Waals surface area contributed by atoms with E-state index in [2.05, 4.69) is 22.4 Å². The maximum Gasteiger partial charge on any atom is 0.161 e. The second-order valence-electron chi connectivity index (χ2n) is 8.03. The third kappa shape index (κ3) is 3.72.